The lowest BCUT2D eigenvalue weighted by Gasteiger charge is -2.38. The summed E-state index contributed by atoms with van der Waals surface area (Å²) in [6.45, 7) is 0.257. The highest BCUT2D eigenvalue weighted by Gasteiger charge is 2.88. The Balaban J connectivity index is 6.16. The van der Waals surface area contributed by atoms with Crippen LogP contribution in [0.4, 0.5) is 43.9 Å². The molecule has 0 fully saturated rings. The van der Waals surface area contributed by atoms with Crippen LogP contribution < -0.4 is 10.6 Å². The van der Waals surface area contributed by atoms with E-state index in [1.165, 1.54) is 0 Å². The maximum Gasteiger partial charge on any atom is 0.392 e. The minimum absolute atomic E-state index is 0.776. The molecular weight excluding hydrogens is 382 g/mol. The SMILES string of the molecule is CCNC(=O)C(F)(F)C(F)(F)C(F)(F)C(F)(F)C(F)(F)C(=O)NCC. The van der Waals surface area contributed by atoms with E-state index in [0.29, 0.717) is 0 Å². The fraction of sp³-hybridized carbons (Fsp3) is 0.818. The molecule has 0 radical (unpaired) electrons. The molecule has 0 aliphatic heterocycles. The van der Waals surface area contributed by atoms with Crippen LogP contribution in [0.25, 0.3) is 0 Å². The van der Waals surface area contributed by atoms with Gasteiger partial charge in [-0.05, 0) is 13.8 Å². The van der Waals surface area contributed by atoms with Crippen LogP contribution in [-0.2, 0) is 9.59 Å². The van der Waals surface area contributed by atoms with E-state index in [0.717, 1.165) is 24.5 Å². The summed E-state index contributed by atoms with van der Waals surface area (Å²) in [4.78, 5) is 21.6. The van der Waals surface area contributed by atoms with Crippen molar-refractivity contribution in [3.63, 3.8) is 0 Å². The van der Waals surface area contributed by atoms with Gasteiger partial charge in [0, 0.05) is 13.1 Å². The Bertz CT molecular complexity index is 477. The van der Waals surface area contributed by atoms with Gasteiger partial charge in [0.15, 0.2) is 0 Å². The van der Waals surface area contributed by atoms with Gasteiger partial charge in [-0.2, -0.15) is 43.9 Å². The second-order valence-corrected chi connectivity index (χ2v) is 4.59. The van der Waals surface area contributed by atoms with Crippen LogP contribution >= 0.6 is 0 Å². The summed E-state index contributed by atoms with van der Waals surface area (Å²) in [5, 5.41) is 1.97. The molecule has 2 amide bonds. The van der Waals surface area contributed by atoms with Gasteiger partial charge in [-0.15, -0.1) is 0 Å². The third-order valence-corrected chi connectivity index (χ3v) is 2.82. The molecule has 0 heterocycles. The van der Waals surface area contributed by atoms with E-state index in [4.69, 9.17) is 0 Å². The van der Waals surface area contributed by atoms with Gasteiger partial charge >= 0.3 is 29.6 Å². The fourth-order valence-corrected chi connectivity index (χ4v) is 1.42. The molecule has 0 atom stereocenters. The first-order valence-electron chi connectivity index (χ1n) is 6.42. The van der Waals surface area contributed by atoms with Crippen LogP contribution in [0.15, 0.2) is 0 Å². The van der Waals surface area contributed by atoms with Crippen molar-refractivity contribution in [1.29, 1.82) is 0 Å². The standard InChI is InChI=1S/C11H12F10N2O2/c1-3-22-5(24)7(12,13)9(16,17)11(20,21)10(18,19)8(14,15)6(25)23-4-2/h3-4H2,1-2H3,(H,22,24)(H,23,25). The molecule has 0 unspecified atom stereocenters. The van der Waals surface area contributed by atoms with E-state index in [2.05, 4.69) is 0 Å². The zero-order valence-electron chi connectivity index (χ0n) is 12.5. The molecule has 14 heteroatoms. The topological polar surface area (TPSA) is 58.2 Å². The summed E-state index contributed by atoms with van der Waals surface area (Å²) in [5.74, 6) is -41.1. The summed E-state index contributed by atoms with van der Waals surface area (Å²) in [5.41, 5.74) is 0. The first kappa shape index (κ1) is 23.2. The Kier molecular flexibility index (Phi) is 6.38. The molecule has 148 valence electrons. The summed E-state index contributed by atoms with van der Waals surface area (Å²) < 4.78 is 133. The number of hydrogen-bond acceptors (Lipinski definition) is 2. The Morgan fingerprint density at radius 3 is 1.04 bits per heavy atom. The van der Waals surface area contributed by atoms with Gasteiger partial charge in [0.2, 0.25) is 0 Å². The number of rotatable bonds is 8. The highest BCUT2D eigenvalue weighted by molar-refractivity contribution is 5.86. The first-order valence-corrected chi connectivity index (χ1v) is 6.42. The lowest BCUT2D eigenvalue weighted by atomic mass is 9.93. The fourth-order valence-electron chi connectivity index (χ4n) is 1.42. The maximum absolute atomic E-state index is 13.4. The molecule has 0 spiro atoms. The average Bonchev–Trinajstić information content (AvgIpc) is 2.46. The number of carbonyl (C=O) groups excluding carboxylic acids is 2. The zero-order valence-corrected chi connectivity index (χ0v) is 12.5. The molecule has 4 nitrogen and oxygen atoms in total. The van der Waals surface area contributed by atoms with Crippen LogP contribution in [0.2, 0.25) is 0 Å². The Hall–Kier alpha value is -1.76. The first-order chi connectivity index (χ1) is 11.0. The van der Waals surface area contributed by atoms with Crippen LogP contribution in [0.1, 0.15) is 13.8 Å². The molecule has 0 aliphatic rings. The van der Waals surface area contributed by atoms with Crippen molar-refractivity contribution < 1.29 is 53.5 Å². The van der Waals surface area contributed by atoms with Crippen LogP contribution in [0, 0.1) is 0 Å². The van der Waals surface area contributed by atoms with Crippen molar-refractivity contribution in [2.24, 2.45) is 0 Å². The van der Waals surface area contributed by atoms with Gasteiger partial charge in [-0.1, -0.05) is 0 Å². The van der Waals surface area contributed by atoms with Crippen LogP contribution in [0.5, 0.6) is 0 Å². The molecular formula is C11H12F10N2O2. The number of hydrogen-bond donors (Lipinski definition) is 2. The number of alkyl halides is 10. The van der Waals surface area contributed by atoms with E-state index < -0.39 is 54.5 Å². The lowest BCUT2D eigenvalue weighted by Crippen LogP contribution is -2.71. The zero-order chi connectivity index (χ0) is 20.5. The summed E-state index contributed by atoms with van der Waals surface area (Å²) in [6.07, 6.45) is 0. The van der Waals surface area contributed by atoms with Crippen molar-refractivity contribution in [2.45, 2.75) is 43.5 Å². The van der Waals surface area contributed by atoms with E-state index in [1.54, 1.807) is 0 Å². The molecule has 0 saturated heterocycles. The van der Waals surface area contributed by atoms with Crippen molar-refractivity contribution in [3.8, 4) is 0 Å². The van der Waals surface area contributed by atoms with Crippen molar-refractivity contribution in [2.75, 3.05) is 13.1 Å². The molecule has 25 heavy (non-hydrogen) atoms. The number of nitrogens with one attached hydrogen (secondary N) is 2. The molecule has 0 aromatic carbocycles. The minimum atomic E-state index is -7.47. The van der Waals surface area contributed by atoms with Gasteiger partial charge in [0.25, 0.3) is 11.8 Å². The van der Waals surface area contributed by atoms with Crippen LogP contribution in [0.3, 0.4) is 0 Å². The van der Waals surface area contributed by atoms with E-state index in [9.17, 15) is 53.5 Å². The minimum Gasteiger partial charge on any atom is -0.351 e. The Morgan fingerprint density at radius 1 is 0.600 bits per heavy atom. The summed E-state index contributed by atoms with van der Waals surface area (Å²) in [7, 11) is 0. The monoisotopic (exact) mass is 394 g/mol. The number of halogens is 10. The van der Waals surface area contributed by atoms with E-state index in [-0.39, 0.29) is 0 Å². The van der Waals surface area contributed by atoms with Gasteiger partial charge in [-0.3, -0.25) is 9.59 Å². The van der Waals surface area contributed by atoms with E-state index in [1.807, 2.05) is 0 Å². The average molecular weight is 394 g/mol. The Labute approximate surface area is 133 Å². The highest BCUT2D eigenvalue weighted by atomic mass is 19.4. The van der Waals surface area contributed by atoms with Gasteiger partial charge in [0.05, 0.1) is 0 Å². The van der Waals surface area contributed by atoms with Crippen molar-refractivity contribution in [3.05, 3.63) is 0 Å². The maximum atomic E-state index is 13.4. The lowest BCUT2D eigenvalue weighted by molar-refractivity contribution is -0.387. The van der Waals surface area contributed by atoms with Crippen LogP contribution in [-0.4, -0.2) is 54.5 Å². The quantitative estimate of drug-likeness (QED) is 0.622. The number of amides is 2. The number of carbonyl (C=O) groups is 2. The van der Waals surface area contributed by atoms with Crippen molar-refractivity contribution in [1.82, 2.24) is 10.6 Å². The van der Waals surface area contributed by atoms with E-state index >= 15 is 0 Å². The molecule has 0 saturated carbocycles. The molecule has 2 N–H and O–H groups in total. The van der Waals surface area contributed by atoms with Gasteiger partial charge < -0.3 is 10.6 Å². The third-order valence-electron chi connectivity index (χ3n) is 2.82. The van der Waals surface area contributed by atoms with Gasteiger partial charge in [-0.25, -0.2) is 0 Å². The Morgan fingerprint density at radius 2 is 0.840 bits per heavy atom. The second-order valence-electron chi connectivity index (χ2n) is 4.59. The van der Waals surface area contributed by atoms with Gasteiger partial charge in [0.1, 0.15) is 0 Å². The molecule has 0 rings (SSSR count). The molecule has 0 aromatic rings. The molecule has 0 bridgehead atoms. The van der Waals surface area contributed by atoms with Crippen molar-refractivity contribution >= 4 is 11.8 Å². The largest absolute Gasteiger partial charge is 0.392 e. The summed E-state index contributed by atoms with van der Waals surface area (Å²) >= 11 is 0. The summed E-state index contributed by atoms with van der Waals surface area (Å²) in [6, 6.07) is 0. The third kappa shape index (κ3) is 3.34. The molecule has 0 aliphatic carbocycles. The predicted octanol–water partition coefficient (Wildman–Crippen LogP) is 2.44. The highest BCUT2D eigenvalue weighted by Crippen LogP contribution is 2.57. The predicted molar refractivity (Wildman–Crippen MR) is 62.1 cm³/mol. The normalized spacial score (nSPS) is 14.2. The smallest absolute Gasteiger partial charge is 0.351 e. The molecule has 0 aromatic heterocycles. The second kappa shape index (κ2) is 6.86.